The summed E-state index contributed by atoms with van der Waals surface area (Å²) in [6, 6.07) is 0.112. The predicted octanol–water partition coefficient (Wildman–Crippen LogP) is 2.62. The highest BCUT2D eigenvalue weighted by molar-refractivity contribution is 9.10. The van der Waals surface area contributed by atoms with Gasteiger partial charge in [0.15, 0.2) is 5.65 Å². The largest absolute Gasteiger partial charge is 0.444 e. The van der Waals surface area contributed by atoms with Crippen molar-refractivity contribution in [2.75, 3.05) is 18.0 Å². The molecule has 3 rings (SSSR count). The van der Waals surface area contributed by atoms with Crippen molar-refractivity contribution >= 4 is 38.9 Å². The van der Waals surface area contributed by atoms with E-state index in [2.05, 4.69) is 41.2 Å². The summed E-state index contributed by atoms with van der Waals surface area (Å²) in [5.41, 5.74) is 0.315. The minimum absolute atomic E-state index is 0.112. The Hall–Kier alpha value is -1.90. The summed E-state index contributed by atoms with van der Waals surface area (Å²) in [5, 5.41) is 8.24. The van der Waals surface area contributed by atoms with Crippen molar-refractivity contribution in [2.45, 2.75) is 45.3 Å². The Morgan fingerprint density at radius 3 is 2.64 bits per heavy atom. The normalized spacial score (nSPS) is 16.3. The number of anilines is 1. The SMILES string of the molecule is Cn1nc(Br)c2c(N3CCC(NC(=O)OC(C)(C)C)CC3)ncnc21. The second-order valence-electron chi connectivity index (χ2n) is 7.22. The van der Waals surface area contributed by atoms with Crippen molar-refractivity contribution in [3.8, 4) is 0 Å². The van der Waals surface area contributed by atoms with Crippen LogP contribution >= 0.6 is 15.9 Å². The quantitative estimate of drug-likeness (QED) is 0.818. The molecule has 0 aromatic carbocycles. The lowest BCUT2D eigenvalue weighted by Gasteiger charge is -2.33. The molecule has 0 spiro atoms. The summed E-state index contributed by atoms with van der Waals surface area (Å²) in [4.78, 5) is 22.9. The molecule has 2 aromatic heterocycles. The van der Waals surface area contributed by atoms with Gasteiger partial charge in [0.05, 0.1) is 5.39 Å². The van der Waals surface area contributed by atoms with Crippen LogP contribution in [0.3, 0.4) is 0 Å². The monoisotopic (exact) mass is 410 g/mol. The van der Waals surface area contributed by atoms with E-state index >= 15 is 0 Å². The van der Waals surface area contributed by atoms with Crippen LogP contribution in [0.5, 0.6) is 0 Å². The summed E-state index contributed by atoms with van der Waals surface area (Å²) < 4.78 is 7.81. The van der Waals surface area contributed by atoms with Gasteiger partial charge in [0.1, 0.15) is 22.3 Å². The van der Waals surface area contributed by atoms with Crippen LogP contribution < -0.4 is 10.2 Å². The van der Waals surface area contributed by atoms with E-state index in [4.69, 9.17) is 4.74 Å². The van der Waals surface area contributed by atoms with Crippen molar-refractivity contribution in [3.05, 3.63) is 10.9 Å². The zero-order chi connectivity index (χ0) is 18.2. The van der Waals surface area contributed by atoms with E-state index in [1.165, 1.54) is 0 Å². The second kappa shape index (κ2) is 6.78. The fraction of sp³-hybridized carbons (Fsp3) is 0.625. The van der Waals surface area contributed by atoms with E-state index < -0.39 is 5.60 Å². The smallest absolute Gasteiger partial charge is 0.407 e. The molecule has 1 aliphatic rings. The van der Waals surface area contributed by atoms with Crippen molar-refractivity contribution in [1.29, 1.82) is 0 Å². The van der Waals surface area contributed by atoms with Crippen LogP contribution in [0.1, 0.15) is 33.6 Å². The Morgan fingerprint density at radius 1 is 1.32 bits per heavy atom. The molecule has 8 nitrogen and oxygen atoms in total. The molecule has 0 unspecified atom stereocenters. The lowest BCUT2D eigenvalue weighted by atomic mass is 10.1. The van der Waals surface area contributed by atoms with E-state index in [1.54, 1.807) is 11.0 Å². The molecule has 0 radical (unpaired) electrons. The lowest BCUT2D eigenvalue weighted by molar-refractivity contribution is 0.0497. The number of hydrogen-bond acceptors (Lipinski definition) is 6. The van der Waals surface area contributed by atoms with Crippen LogP contribution in [-0.2, 0) is 11.8 Å². The molecule has 0 aliphatic carbocycles. The van der Waals surface area contributed by atoms with Gasteiger partial charge in [-0.1, -0.05) is 0 Å². The highest BCUT2D eigenvalue weighted by atomic mass is 79.9. The number of ether oxygens (including phenoxy) is 1. The topological polar surface area (TPSA) is 85.2 Å². The minimum Gasteiger partial charge on any atom is -0.444 e. The van der Waals surface area contributed by atoms with Crippen molar-refractivity contribution in [1.82, 2.24) is 25.1 Å². The van der Waals surface area contributed by atoms with Crippen LogP contribution in [0.25, 0.3) is 11.0 Å². The molecule has 2 aromatic rings. The molecule has 0 saturated carbocycles. The Morgan fingerprint density at radius 2 is 2.00 bits per heavy atom. The fourth-order valence-electron chi connectivity index (χ4n) is 2.98. The van der Waals surface area contributed by atoms with Crippen LogP contribution in [0.2, 0.25) is 0 Å². The first-order chi connectivity index (χ1) is 11.7. The number of carbonyl (C=O) groups excluding carboxylic acids is 1. The number of hydrogen-bond donors (Lipinski definition) is 1. The molecule has 0 atom stereocenters. The molecule has 1 N–H and O–H groups in total. The molecular weight excluding hydrogens is 388 g/mol. The standard InChI is InChI=1S/C16H23BrN6O2/c1-16(2,3)25-15(24)20-10-5-7-23(8-6-10)14-11-12(17)21-22(4)13(11)18-9-19-14/h9-10H,5-8H2,1-4H3,(H,20,24). The zero-order valence-electron chi connectivity index (χ0n) is 14.9. The van der Waals surface area contributed by atoms with Gasteiger partial charge in [0.2, 0.25) is 0 Å². The number of carbonyl (C=O) groups is 1. The Kier molecular flexibility index (Phi) is 4.86. The van der Waals surface area contributed by atoms with Crippen LogP contribution in [0, 0.1) is 0 Å². The number of alkyl carbamates (subject to hydrolysis) is 1. The van der Waals surface area contributed by atoms with E-state index in [-0.39, 0.29) is 12.1 Å². The maximum atomic E-state index is 11.9. The number of rotatable bonds is 2. The van der Waals surface area contributed by atoms with Gasteiger partial charge in [-0.3, -0.25) is 0 Å². The Labute approximate surface area is 155 Å². The average Bonchev–Trinajstić information content (AvgIpc) is 2.81. The number of aromatic nitrogens is 4. The molecule has 25 heavy (non-hydrogen) atoms. The van der Waals surface area contributed by atoms with E-state index in [0.717, 1.165) is 47.4 Å². The molecular formula is C16H23BrN6O2. The number of piperidine rings is 1. The molecule has 9 heteroatoms. The fourth-order valence-corrected chi connectivity index (χ4v) is 3.57. The van der Waals surface area contributed by atoms with Crippen LogP contribution in [0.15, 0.2) is 10.9 Å². The third-order valence-electron chi connectivity index (χ3n) is 4.07. The van der Waals surface area contributed by atoms with Crippen molar-refractivity contribution in [2.24, 2.45) is 7.05 Å². The molecule has 136 valence electrons. The first-order valence-electron chi connectivity index (χ1n) is 8.32. The minimum atomic E-state index is -0.482. The Bertz CT molecular complexity index is 777. The van der Waals surface area contributed by atoms with E-state index in [0.29, 0.717) is 0 Å². The highest BCUT2D eigenvalue weighted by Crippen LogP contribution is 2.30. The third kappa shape index (κ3) is 4.02. The first kappa shape index (κ1) is 17.9. The third-order valence-corrected chi connectivity index (χ3v) is 4.63. The van der Waals surface area contributed by atoms with Gasteiger partial charge in [0.25, 0.3) is 0 Å². The van der Waals surface area contributed by atoms with Crippen molar-refractivity contribution in [3.63, 3.8) is 0 Å². The highest BCUT2D eigenvalue weighted by Gasteiger charge is 2.26. The number of fused-ring (bicyclic) bond motifs is 1. The predicted molar refractivity (Wildman–Crippen MR) is 98.6 cm³/mol. The molecule has 1 saturated heterocycles. The van der Waals surface area contributed by atoms with Gasteiger partial charge in [-0.2, -0.15) is 5.10 Å². The van der Waals surface area contributed by atoms with E-state index in [1.807, 2.05) is 27.8 Å². The summed E-state index contributed by atoms with van der Waals surface area (Å²) in [7, 11) is 1.86. The van der Waals surface area contributed by atoms with Crippen molar-refractivity contribution < 1.29 is 9.53 Å². The van der Waals surface area contributed by atoms with Gasteiger partial charge >= 0.3 is 6.09 Å². The molecule has 1 aliphatic heterocycles. The van der Waals surface area contributed by atoms with Gasteiger partial charge in [0, 0.05) is 26.2 Å². The van der Waals surface area contributed by atoms with Gasteiger partial charge in [-0.15, -0.1) is 0 Å². The van der Waals surface area contributed by atoms with Gasteiger partial charge in [-0.25, -0.2) is 19.4 Å². The number of nitrogens with one attached hydrogen (secondary N) is 1. The lowest BCUT2D eigenvalue weighted by Crippen LogP contribution is -2.46. The summed E-state index contributed by atoms with van der Waals surface area (Å²) in [5.74, 6) is 0.876. The molecule has 0 bridgehead atoms. The summed E-state index contributed by atoms with van der Waals surface area (Å²) in [6.45, 7) is 7.19. The molecule has 1 amide bonds. The maximum absolute atomic E-state index is 11.9. The number of halogens is 1. The Balaban J connectivity index is 1.66. The second-order valence-corrected chi connectivity index (χ2v) is 7.97. The van der Waals surface area contributed by atoms with E-state index in [9.17, 15) is 4.79 Å². The molecule has 1 fully saturated rings. The van der Waals surface area contributed by atoms with Gasteiger partial charge in [-0.05, 0) is 49.5 Å². The average molecular weight is 411 g/mol. The summed E-state index contributed by atoms with van der Waals surface area (Å²) >= 11 is 3.50. The summed E-state index contributed by atoms with van der Waals surface area (Å²) in [6.07, 6.45) is 2.88. The number of amides is 1. The van der Waals surface area contributed by atoms with Crippen LogP contribution in [-0.4, -0.2) is 50.6 Å². The number of aryl methyl sites for hydroxylation is 1. The zero-order valence-corrected chi connectivity index (χ0v) is 16.5. The van der Waals surface area contributed by atoms with Crippen LogP contribution in [0.4, 0.5) is 10.6 Å². The maximum Gasteiger partial charge on any atom is 0.407 e. The van der Waals surface area contributed by atoms with Gasteiger partial charge < -0.3 is 15.0 Å². The molecule has 3 heterocycles. The number of nitrogens with zero attached hydrogens (tertiary/aromatic N) is 5. The first-order valence-corrected chi connectivity index (χ1v) is 9.11.